The number of aryl methyl sites for hydroxylation is 1. The Hall–Kier alpha value is -2.92. The number of hydrogen-bond acceptors (Lipinski definition) is 4. The van der Waals surface area contributed by atoms with Crippen LogP contribution in [-0.2, 0) is 4.79 Å². The van der Waals surface area contributed by atoms with Crippen LogP contribution in [0.3, 0.4) is 0 Å². The number of hydrazone groups is 1. The Morgan fingerprint density at radius 2 is 1.62 bits per heavy atom. The third-order valence-corrected chi connectivity index (χ3v) is 5.61. The van der Waals surface area contributed by atoms with E-state index in [1.807, 2.05) is 13.0 Å². The van der Waals surface area contributed by atoms with Crippen LogP contribution in [-0.4, -0.2) is 54.4 Å². The lowest BCUT2D eigenvalue weighted by molar-refractivity contribution is -0.133. The third-order valence-electron chi connectivity index (χ3n) is 5.61. The van der Waals surface area contributed by atoms with Gasteiger partial charge in [-0.3, -0.25) is 9.69 Å². The topological polar surface area (TPSA) is 39.1 Å². The molecule has 2 aromatic rings. The minimum Gasteiger partial charge on any atom is -0.369 e. The van der Waals surface area contributed by atoms with Gasteiger partial charge in [-0.2, -0.15) is 5.10 Å². The number of hydrogen-bond donors (Lipinski definition) is 0. The summed E-state index contributed by atoms with van der Waals surface area (Å²) in [6.45, 7) is 8.42. The van der Waals surface area contributed by atoms with Crippen molar-refractivity contribution in [3.05, 3.63) is 71.3 Å². The molecule has 5 heteroatoms. The number of benzene rings is 2. The summed E-state index contributed by atoms with van der Waals surface area (Å²) in [4.78, 5) is 17.4. The van der Waals surface area contributed by atoms with E-state index in [2.05, 4.69) is 76.4 Å². The van der Waals surface area contributed by atoms with Gasteiger partial charge >= 0.3 is 0 Å². The molecule has 0 unspecified atom stereocenters. The predicted molar refractivity (Wildman–Crippen MR) is 119 cm³/mol. The molecule has 0 bridgehead atoms. The number of nitrogens with zero attached hydrogens (tertiary/aromatic N) is 4. The van der Waals surface area contributed by atoms with Gasteiger partial charge in [-0.25, -0.2) is 5.01 Å². The summed E-state index contributed by atoms with van der Waals surface area (Å²) in [5, 5.41) is 6.25. The van der Waals surface area contributed by atoms with Crippen molar-refractivity contribution in [2.45, 2.75) is 20.3 Å². The number of rotatable bonds is 4. The molecule has 1 fully saturated rings. The van der Waals surface area contributed by atoms with Crippen LogP contribution < -0.4 is 4.90 Å². The van der Waals surface area contributed by atoms with Gasteiger partial charge in [0.1, 0.15) is 0 Å². The summed E-state index contributed by atoms with van der Waals surface area (Å²) in [6.07, 6.45) is 2.49. The first-order valence-corrected chi connectivity index (χ1v) is 10.2. The first kappa shape index (κ1) is 19.4. The van der Waals surface area contributed by atoms with Gasteiger partial charge in [0.15, 0.2) is 0 Å². The average molecular weight is 389 g/mol. The maximum Gasteiger partial charge on any atom is 0.248 e. The van der Waals surface area contributed by atoms with Crippen LogP contribution in [0.4, 0.5) is 5.69 Å². The molecule has 0 radical (unpaired) electrons. The summed E-state index contributed by atoms with van der Waals surface area (Å²) in [6, 6.07) is 18.8. The van der Waals surface area contributed by atoms with Crippen molar-refractivity contribution >= 4 is 23.4 Å². The quantitative estimate of drug-likeness (QED) is 0.800. The summed E-state index contributed by atoms with van der Waals surface area (Å²) in [7, 11) is 0. The van der Waals surface area contributed by atoms with Crippen molar-refractivity contribution in [2.24, 2.45) is 5.10 Å². The maximum absolute atomic E-state index is 12.7. The van der Waals surface area contributed by atoms with Gasteiger partial charge < -0.3 is 4.90 Å². The first-order chi connectivity index (χ1) is 14.1. The Labute approximate surface area is 172 Å². The number of amides is 1. The molecule has 0 aromatic heterocycles. The normalized spacial score (nSPS) is 19.6. The Balaban J connectivity index is 1.37. The number of anilines is 1. The lowest BCUT2D eigenvalue weighted by Gasteiger charge is -2.38. The lowest BCUT2D eigenvalue weighted by atomic mass is 10.0. The molecular weight excluding hydrogens is 360 g/mol. The third kappa shape index (κ3) is 4.74. The van der Waals surface area contributed by atoms with Crippen molar-refractivity contribution in [2.75, 3.05) is 37.7 Å². The highest BCUT2D eigenvalue weighted by molar-refractivity contribution is 6.08. The number of carbonyl (C=O) groups excluding carboxylic acids is 1. The number of carbonyl (C=O) groups is 1. The predicted octanol–water partition coefficient (Wildman–Crippen LogP) is 3.77. The molecule has 29 heavy (non-hydrogen) atoms. The van der Waals surface area contributed by atoms with Crippen LogP contribution in [0.5, 0.6) is 0 Å². The van der Waals surface area contributed by atoms with Crippen molar-refractivity contribution in [1.82, 2.24) is 9.91 Å². The van der Waals surface area contributed by atoms with Gasteiger partial charge in [0.05, 0.1) is 18.8 Å². The van der Waals surface area contributed by atoms with Crippen molar-refractivity contribution in [3.63, 3.8) is 0 Å². The lowest BCUT2D eigenvalue weighted by Crippen LogP contribution is -2.50. The fraction of sp³-hybridized carbons (Fsp3) is 0.333. The van der Waals surface area contributed by atoms with E-state index in [0.717, 1.165) is 43.0 Å². The molecular formula is C24H28N4O. The highest BCUT2D eigenvalue weighted by Gasteiger charge is 2.26. The van der Waals surface area contributed by atoms with E-state index in [1.165, 1.54) is 11.3 Å². The van der Waals surface area contributed by atoms with Crippen molar-refractivity contribution in [3.8, 4) is 0 Å². The van der Waals surface area contributed by atoms with Gasteiger partial charge in [0.2, 0.25) is 5.91 Å². The molecule has 1 amide bonds. The number of piperazine rings is 1. The monoisotopic (exact) mass is 388 g/mol. The van der Waals surface area contributed by atoms with Gasteiger partial charge in [0, 0.05) is 31.9 Å². The Kier molecular flexibility index (Phi) is 5.76. The Morgan fingerprint density at radius 3 is 2.31 bits per heavy atom. The molecule has 0 atom stereocenters. The summed E-state index contributed by atoms with van der Waals surface area (Å²) < 4.78 is 0. The van der Waals surface area contributed by atoms with E-state index in [-0.39, 0.29) is 5.91 Å². The fourth-order valence-electron chi connectivity index (χ4n) is 3.79. The van der Waals surface area contributed by atoms with Crippen molar-refractivity contribution in [1.29, 1.82) is 0 Å². The molecule has 0 N–H and O–H groups in total. The summed E-state index contributed by atoms with van der Waals surface area (Å²) >= 11 is 0. The Morgan fingerprint density at radius 1 is 0.931 bits per heavy atom. The molecule has 2 aliphatic heterocycles. The van der Waals surface area contributed by atoms with E-state index < -0.39 is 0 Å². The van der Waals surface area contributed by atoms with Crippen LogP contribution in [0.15, 0.2) is 65.3 Å². The molecule has 0 spiro atoms. The summed E-state index contributed by atoms with van der Waals surface area (Å²) in [5.74, 6) is 0.0689. The fourth-order valence-corrected chi connectivity index (χ4v) is 3.79. The van der Waals surface area contributed by atoms with Crippen LogP contribution in [0.25, 0.3) is 6.08 Å². The molecule has 0 saturated carbocycles. The molecule has 4 rings (SSSR count). The van der Waals surface area contributed by atoms with Crippen LogP contribution in [0, 0.1) is 6.92 Å². The Bertz CT molecular complexity index is 910. The standard InChI is InChI=1S/C24H28N4O/c1-19-8-10-21(11-9-19)16-22-17-24(29)28(25-20(22)2)18-26-12-14-27(15-13-26)23-6-4-3-5-7-23/h3-11,16H,12-15,17-18H2,1-2H3/b22-16+. The maximum atomic E-state index is 12.7. The zero-order valence-electron chi connectivity index (χ0n) is 17.2. The van der Waals surface area contributed by atoms with Gasteiger partial charge in [-0.05, 0) is 43.2 Å². The molecule has 0 aliphatic carbocycles. The van der Waals surface area contributed by atoms with Crippen LogP contribution >= 0.6 is 0 Å². The second-order valence-corrected chi connectivity index (χ2v) is 7.82. The van der Waals surface area contributed by atoms with Gasteiger partial charge in [-0.15, -0.1) is 0 Å². The molecule has 2 heterocycles. The minimum atomic E-state index is 0.0689. The highest BCUT2D eigenvalue weighted by Crippen LogP contribution is 2.20. The van der Waals surface area contributed by atoms with Crippen LogP contribution in [0.1, 0.15) is 24.5 Å². The molecule has 2 aliphatic rings. The summed E-state index contributed by atoms with van der Waals surface area (Å²) in [5.41, 5.74) is 5.53. The molecule has 150 valence electrons. The second-order valence-electron chi connectivity index (χ2n) is 7.82. The minimum absolute atomic E-state index is 0.0689. The zero-order chi connectivity index (χ0) is 20.2. The van der Waals surface area contributed by atoms with Crippen LogP contribution in [0.2, 0.25) is 0 Å². The largest absolute Gasteiger partial charge is 0.369 e. The van der Waals surface area contributed by atoms with Crippen molar-refractivity contribution < 1.29 is 4.79 Å². The van der Waals surface area contributed by atoms with E-state index in [9.17, 15) is 4.79 Å². The van der Waals surface area contributed by atoms with Gasteiger partial charge in [-0.1, -0.05) is 48.0 Å². The smallest absolute Gasteiger partial charge is 0.248 e. The van der Waals surface area contributed by atoms with E-state index in [1.54, 1.807) is 5.01 Å². The average Bonchev–Trinajstić information content (AvgIpc) is 2.74. The second kappa shape index (κ2) is 8.62. The SMILES string of the molecule is CC1=NN(CN2CCN(c3ccccc3)CC2)C(=O)C/C1=C\c1ccc(C)cc1. The first-order valence-electron chi connectivity index (χ1n) is 10.2. The van der Waals surface area contributed by atoms with E-state index >= 15 is 0 Å². The molecule has 2 aromatic carbocycles. The molecule has 5 nitrogen and oxygen atoms in total. The highest BCUT2D eigenvalue weighted by atomic mass is 16.2. The van der Waals surface area contributed by atoms with E-state index in [0.29, 0.717) is 13.1 Å². The number of para-hydroxylation sites is 1. The van der Waals surface area contributed by atoms with Gasteiger partial charge in [0.25, 0.3) is 0 Å². The zero-order valence-corrected chi connectivity index (χ0v) is 17.2. The van der Waals surface area contributed by atoms with E-state index in [4.69, 9.17) is 0 Å². The molecule has 1 saturated heterocycles.